The van der Waals surface area contributed by atoms with Gasteiger partial charge in [-0.3, -0.25) is 4.79 Å². The summed E-state index contributed by atoms with van der Waals surface area (Å²) >= 11 is 0. The van der Waals surface area contributed by atoms with Gasteiger partial charge in [-0.05, 0) is 18.2 Å². The molecule has 1 heterocycles. The number of hydrogen-bond acceptors (Lipinski definition) is 7. The Hall–Kier alpha value is -3.92. The first-order chi connectivity index (χ1) is 13.2. The molecule has 3 rings (SSSR count). The number of methoxy groups -OCH3 is 1. The van der Waals surface area contributed by atoms with Crippen LogP contribution in [0.4, 0.5) is 0 Å². The largest absolute Gasteiger partial charge is 0.469 e. The minimum absolute atomic E-state index is 0.0895. The van der Waals surface area contributed by atoms with Gasteiger partial charge >= 0.3 is 5.97 Å². The van der Waals surface area contributed by atoms with Gasteiger partial charge in [0.1, 0.15) is 17.6 Å². The standard InChI is InChI=1S/C20H15N3O4/c1-25-20(24)12-14-6-2-4-8-16(14)26-18-10-11-19(23-22-18)27-17-9-5-3-7-15(17)13-21/h2-11H,12H2,1H3. The third-order valence-corrected chi connectivity index (χ3v) is 3.59. The van der Waals surface area contributed by atoms with Gasteiger partial charge in [0.05, 0.1) is 19.1 Å². The van der Waals surface area contributed by atoms with E-state index in [-0.39, 0.29) is 24.2 Å². The van der Waals surface area contributed by atoms with Crippen molar-refractivity contribution in [1.82, 2.24) is 10.2 Å². The zero-order valence-electron chi connectivity index (χ0n) is 14.5. The Morgan fingerprint density at radius 2 is 1.52 bits per heavy atom. The van der Waals surface area contributed by atoms with Crippen LogP contribution < -0.4 is 9.47 Å². The Balaban J connectivity index is 1.73. The van der Waals surface area contributed by atoms with E-state index in [9.17, 15) is 4.79 Å². The number of nitriles is 1. The monoisotopic (exact) mass is 361 g/mol. The number of benzene rings is 2. The summed E-state index contributed by atoms with van der Waals surface area (Å²) < 4.78 is 16.0. The fourth-order valence-electron chi connectivity index (χ4n) is 2.27. The first-order valence-corrected chi connectivity index (χ1v) is 8.03. The highest BCUT2D eigenvalue weighted by molar-refractivity contribution is 5.73. The highest BCUT2D eigenvalue weighted by atomic mass is 16.5. The smallest absolute Gasteiger partial charge is 0.310 e. The van der Waals surface area contributed by atoms with E-state index in [0.717, 1.165) is 0 Å². The highest BCUT2D eigenvalue weighted by Crippen LogP contribution is 2.27. The van der Waals surface area contributed by atoms with Gasteiger partial charge in [0, 0.05) is 17.7 Å². The second kappa shape index (κ2) is 8.45. The van der Waals surface area contributed by atoms with Gasteiger partial charge in [0.15, 0.2) is 0 Å². The predicted octanol–water partition coefficient (Wildman–Crippen LogP) is 3.65. The molecule has 1 aromatic heterocycles. The van der Waals surface area contributed by atoms with E-state index in [1.165, 1.54) is 7.11 Å². The lowest BCUT2D eigenvalue weighted by molar-refractivity contribution is -0.139. The summed E-state index contributed by atoms with van der Waals surface area (Å²) in [6, 6.07) is 19.2. The number of ether oxygens (including phenoxy) is 3. The minimum atomic E-state index is -0.364. The van der Waals surface area contributed by atoms with E-state index in [1.807, 2.05) is 0 Å². The topological polar surface area (TPSA) is 94.3 Å². The van der Waals surface area contributed by atoms with Gasteiger partial charge in [0.25, 0.3) is 0 Å². The summed E-state index contributed by atoms with van der Waals surface area (Å²) in [6.45, 7) is 0. The molecule has 0 amide bonds. The number of aromatic nitrogens is 2. The van der Waals surface area contributed by atoms with E-state index < -0.39 is 0 Å². The molecule has 0 aliphatic rings. The molecular weight excluding hydrogens is 346 g/mol. The van der Waals surface area contributed by atoms with Crippen molar-refractivity contribution in [2.75, 3.05) is 7.11 Å². The fourth-order valence-corrected chi connectivity index (χ4v) is 2.27. The van der Waals surface area contributed by atoms with E-state index in [2.05, 4.69) is 21.0 Å². The SMILES string of the molecule is COC(=O)Cc1ccccc1Oc1ccc(Oc2ccccc2C#N)nn1. The van der Waals surface area contributed by atoms with Crippen molar-refractivity contribution in [2.24, 2.45) is 0 Å². The van der Waals surface area contributed by atoms with E-state index in [1.54, 1.807) is 60.7 Å². The summed E-state index contributed by atoms with van der Waals surface area (Å²) in [5, 5.41) is 17.0. The van der Waals surface area contributed by atoms with E-state index in [4.69, 9.17) is 14.7 Å². The predicted molar refractivity (Wildman–Crippen MR) is 95.5 cm³/mol. The van der Waals surface area contributed by atoms with Crippen LogP contribution in [0.1, 0.15) is 11.1 Å². The van der Waals surface area contributed by atoms with Crippen molar-refractivity contribution in [1.29, 1.82) is 5.26 Å². The highest BCUT2D eigenvalue weighted by Gasteiger charge is 2.11. The lowest BCUT2D eigenvalue weighted by Gasteiger charge is -2.10. The van der Waals surface area contributed by atoms with Crippen molar-refractivity contribution < 1.29 is 19.0 Å². The molecule has 0 radical (unpaired) electrons. The molecule has 0 atom stereocenters. The molecule has 0 bridgehead atoms. The molecular formula is C20H15N3O4. The Morgan fingerprint density at radius 1 is 0.926 bits per heavy atom. The Morgan fingerprint density at radius 3 is 2.15 bits per heavy atom. The molecule has 0 aliphatic heterocycles. The van der Waals surface area contributed by atoms with Gasteiger partial charge < -0.3 is 14.2 Å². The molecule has 2 aromatic carbocycles. The zero-order chi connectivity index (χ0) is 19.1. The number of carbonyl (C=O) groups excluding carboxylic acids is 1. The molecule has 7 nitrogen and oxygen atoms in total. The zero-order valence-corrected chi connectivity index (χ0v) is 14.5. The number of para-hydroxylation sites is 2. The third kappa shape index (κ3) is 4.58. The Labute approximate surface area is 155 Å². The second-order valence-electron chi connectivity index (χ2n) is 5.38. The average molecular weight is 361 g/mol. The van der Waals surface area contributed by atoms with Crippen LogP contribution in [0.5, 0.6) is 23.3 Å². The Bertz CT molecular complexity index is 981. The maximum absolute atomic E-state index is 11.5. The molecule has 0 saturated heterocycles. The number of hydrogen-bond donors (Lipinski definition) is 0. The Kier molecular flexibility index (Phi) is 5.60. The van der Waals surface area contributed by atoms with Crippen LogP contribution in [0, 0.1) is 11.3 Å². The number of carbonyl (C=O) groups is 1. The van der Waals surface area contributed by atoms with E-state index >= 15 is 0 Å². The van der Waals surface area contributed by atoms with Crippen LogP contribution in [-0.2, 0) is 16.0 Å². The summed E-state index contributed by atoms with van der Waals surface area (Å²) in [6.07, 6.45) is 0.0895. The molecule has 0 unspecified atom stereocenters. The van der Waals surface area contributed by atoms with Crippen LogP contribution >= 0.6 is 0 Å². The van der Waals surface area contributed by atoms with Crippen LogP contribution in [0.25, 0.3) is 0 Å². The van der Waals surface area contributed by atoms with Crippen LogP contribution in [0.15, 0.2) is 60.7 Å². The maximum Gasteiger partial charge on any atom is 0.310 e. The molecule has 0 spiro atoms. The molecule has 3 aromatic rings. The lowest BCUT2D eigenvalue weighted by Crippen LogP contribution is -2.05. The molecule has 0 saturated carbocycles. The van der Waals surface area contributed by atoms with Crippen LogP contribution in [-0.4, -0.2) is 23.3 Å². The second-order valence-corrected chi connectivity index (χ2v) is 5.38. The van der Waals surface area contributed by atoms with Crippen LogP contribution in [0.2, 0.25) is 0 Å². The summed E-state index contributed by atoms with van der Waals surface area (Å²) in [5.74, 6) is 0.991. The van der Waals surface area contributed by atoms with Gasteiger partial charge in [-0.25, -0.2) is 0 Å². The molecule has 27 heavy (non-hydrogen) atoms. The number of rotatable bonds is 6. The lowest BCUT2D eigenvalue weighted by atomic mass is 10.1. The first-order valence-electron chi connectivity index (χ1n) is 8.03. The van der Waals surface area contributed by atoms with Gasteiger partial charge in [-0.15, -0.1) is 10.2 Å². The number of nitrogens with zero attached hydrogens (tertiary/aromatic N) is 3. The third-order valence-electron chi connectivity index (χ3n) is 3.59. The normalized spacial score (nSPS) is 9.93. The van der Waals surface area contributed by atoms with Crippen molar-refractivity contribution in [3.63, 3.8) is 0 Å². The molecule has 0 aliphatic carbocycles. The van der Waals surface area contributed by atoms with Crippen molar-refractivity contribution >= 4 is 5.97 Å². The van der Waals surface area contributed by atoms with Crippen molar-refractivity contribution in [3.8, 4) is 29.3 Å². The maximum atomic E-state index is 11.5. The summed E-state index contributed by atoms with van der Waals surface area (Å²) in [5.41, 5.74) is 1.07. The fraction of sp³-hybridized carbons (Fsp3) is 0.100. The van der Waals surface area contributed by atoms with Gasteiger partial charge in [-0.1, -0.05) is 30.3 Å². The van der Waals surface area contributed by atoms with Gasteiger partial charge in [0.2, 0.25) is 11.8 Å². The molecule has 0 fully saturated rings. The molecule has 134 valence electrons. The number of esters is 1. The average Bonchev–Trinajstić information content (AvgIpc) is 2.71. The summed E-state index contributed by atoms with van der Waals surface area (Å²) in [7, 11) is 1.33. The minimum Gasteiger partial charge on any atom is -0.469 e. The van der Waals surface area contributed by atoms with Crippen molar-refractivity contribution in [3.05, 3.63) is 71.8 Å². The first kappa shape index (κ1) is 17.9. The van der Waals surface area contributed by atoms with E-state index in [0.29, 0.717) is 22.6 Å². The molecule has 0 N–H and O–H groups in total. The van der Waals surface area contributed by atoms with Gasteiger partial charge in [-0.2, -0.15) is 5.26 Å². The van der Waals surface area contributed by atoms with Crippen LogP contribution in [0.3, 0.4) is 0 Å². The molecule has 7 heteroatoms. The quantitative estimate of drug-likeness (QED) is 0.619. The van der Waals surface area contributed by atoms with Crippen molar-refractivity contribution in [2.45, 2.75) is 6.42 Å². The summed E-state index contributed by atoms with van der Waals surface area (Å²) in [4.78, 5) is 11.5.